The second-order valence-electron chi connectivity index (χ2n) is 5.60. The van der Waals surface area contributed by atoms with Crippen molar-refractivity contribution in [3.8, 4) is 11.8 Å². The highest BCUT2D eigenvalue weighted by atomic mass is 16.1. The van der Waals surface area contributed by atoms with Gasteiger partial charge in [-0.3, -0.25) is 4.79 Å². The summed E-state index contributed by atoms with van der Waals surface area (Å²) in [5, 5.41) is 3.18. The van der Waals surface area contributed by atoms with Crippen molar-refractivity contribution in [2.24, 2.45) is 0 Å². The number of hydrogen-bond donors (Lipinski definition) is 1. The van der Waals surface area contributed by atoms with Crippen molar-refractivity contribution in [1.82, 2.24) is 5.32 Å². The molecule has 0 saturated heterocycles. The highest BCUT2D eigenvalue weighted by Gasteiger charge is 2.14. The summed E-state index contributed by atoms with van der Waals surface area (Å²) < 4.78 is 0. The molecule has 2 nitrogen and oxygen atoms in total. The summed E-state index contributed by atoms with van der Waals surface area (Å²) >= 11 is 0. The van der Waals surface area contributed by atoms with Gasteiger partial charge in [-0.25, -0.2) is 0 Å². The zero-order chi connectivity index (χ0) is 13.8. The minimum atomic E-state index is 0.267. The molecule has 0 spiro atoms. The van der Waals surface area contributed by atoms with Gasteiger partial charge in [-0.05, 0) is 32.6 Å². The van der Waals surface area contributed by atoms with E-state index in [2.05, 4.69) is 17.2 Å². The number of carbonyl (C=O) groups is 1. The molecule has 1 rings (SSSR count). The number of hydrogen-bond acceptors (Lipinski definition) is 1. The third kappa shape index (κ3) is 8.70. The highest BCUT2D eigenvalue weighted by molar-refractivity contribution is 5.76. The van der Waals surface area contributed by atoms with Gasteiger partial charge in [0.2, 0.25) is 5.91 Å². The Bertz CT molecular complexity index is 294. The van der Waals surface area contributed by atoms with Gasteiger partial charge in [0.25, 0.3) is 0 Å². The standard InChI is InChI=1S/C17H29NO/c1-2-3-4-5-6-7-8-12-15-17(19)18-16-13-10-9-11-14-16/h16H,4-15H2,1H3,(H,18,19). The summed E-state index contributed by atoms with van der Waals surface area (Å²) in [7, 11) is 0. The van der Waals surface area contributed by atoms with Crippen LogP contribution in [0.2, 0.25) is 0 Å². The number of nitrogens with one attached hydrogen (secondary N) is 1. The Morgan fingerprint density at radius 2 is 1.74 bits per heavy atom. The predicted molar refractivity (Wildman–Crippen MR) is 80.8 cm³/mol. The van der Waals surface area contributed by atoms with E-state index in [0.717, 1.165) is 12.8 Å². The van der Waals surface area contributed by atoms with E-state index in [4.69, 9.17) is 0 Å². The molecule has 0 heterocycles. The van der Waals surface area contributed by atoms with Crippen molar-refractivity contribution in [3.05, 3.63) is 0 Å². The van der Waals surface area contributed by atoms with E-state index < -0.39 is 0 Å². The second kappa shape index (κ2) is 10.9. The predicted octanol–water partition coefficient (Wildman–Crippen LogP) is 4.19. The smallest absolute Gasteiger partial charge is 0.220 e. The van der Waals surface area contributed by atoms with Gasteiger partial charge in [-0.15, -0.1) is 11.8 Å². The Morgan fingerprint density at radius 1 is 1.05 bits per heavy atom. The quantitative estimate of drug-likeness (QED) is 0.516. The van der Waals surface area contributed by atoms with Crippen molar-refractivity contribution in [3.63, 3.8) is 0 Å². The Labute approximate surface area is 118 Å². The molecular formula is C17H29NO. The van der Waals surface area contributed by atoms with Crippen LogP contribution in [0.1, 0.15) is 84.0 Å². The third-order valence-electron chi connectivity index (χ3n) is 3.85. The van der Waals surface area contributed by atoms with Gasteiger partial charge in [0.15, 0.2) is 0 Å². The fourth-order valence-electron chi connectivity index (χ4n) is 2.70. The Kier molecular flexibility index (Phi) is 9.23. The molecule has 108 valence electrons. The average molecular weight is 263 g/mol. The van der Waals surface area contributed by atoms with E-state index in [1.165, 1.54) is 57.8 Å². The molecule has 0 atom stereocenters. The van der Waals surface area contributed by atoms with E-state index in [0.29, 0.717) is 12.5 Å². The summed E-state index contributed by atoms with van der Waals surface area (Å²) in [6, 6.07) is 0.467. The van der Waals surface area contributed by atoms with Gasteiger partial charge < -0.3 is 5.32 Å². The third-order valence-corrected chi connectivity index (χ3v) is 3.85. The molecule has 0 radical (unpaired) electrons. The van der Waals surface area contributed by atoms with Crippen LogP contribution in [0, 0.1) is 11.8 Å². The Hall–Kier alpha value is -0.970. The highest BCUT2D eigenvalue weighted by Crippen LogP contribution is 2.17. The molecular weight excluding hydrogens is 234 g/mol. The number of amides is 1. The van der Waals surface area contributed by atoms with Gasteiger partial charge in [0.05, 0.1) is 0 Å². The number of unbranched alkanes of at least 4 members (excludes halogenated alkanes) is 5. The molecule has 1 aliphatic rings. The molecule has 1 fully saturated rings. The zero-order valence-corrected chi connectivity index (χ0v) is 12.5. The van der Waals surface area contributed by atoms with Crippen molar-refractivity contribution < 1.29 is 4.79 Å². The average Bonchev–Trinajstić information content (AvgIpc) is 2.43. The monoisotopic (exact) mass is 263 g/mol. The molecule has 19 heavy (non-hydrogen) atoms. The fourth-order valence-corrected chi connectivity index (χ4v) is 2.70. The molecule has 0 unspecified atom stereocenters. The normalized spacial score (nSPS) is 15.6. The summed E-state index contributed by atoms with van der Waals surface area (Å²) in [5.74, 6) is 6.28. The largest absolute Gasteiger partial charge is 0.353 e. The maximum atomic E-state index is 11.8. The second-order valence-corrected chi connectivity index (χ2v) is 5.60. The van der Waals surface area contributed by atoms with E-state index in [9.17, 15) is 4.79 Å². The molecule has 1 N–H and O–H groups in total. The van der Waals surface area contributed by atoms with Crippen LogP contribution in [0.3, 0.4) is 0 Å². The summed E-state index contributed by atoms with van der Waals surface area (Å²) in [4.78, 5) is 11.8. The fraction of sp³-hybridized carbons (Fsp3) is 0.824. The van der Waals surface area contributed by atoms with Gasteiger partial charge in [-0.2, -0.15) is 0 Å². The van der Waals surface area contributed by atoms with Crippen molar-refractivity contribution >= 4 is 5.91 Å². The molecule has 0 aliphatic heterocycles. The van der Waals surface area contributed by atoms with Gasteiger partial charge >= 0.3 is 0 Å². The number of carbonyl (C=O) groups excluding carboxylic acids is 1. The van der Waals surface area contributed by atoms with Crippen LogP contribution in [0.5, 0.6) is 0 Å². The lowest BCUT2D eigenvalue weighted by Gasteiger charge is -2.22. The topological polar surface area (TPSA) is 29.1 Å². The summed E-state index contributed by atoms with van der Waals surface area (Å²) in [6.45, 7) is 1.89. The van der Waals surface area contributed by atoms with Gasteiger partial charge in [0, 0.05) is 18.9 Å². The lowest BCUT2D eigenvalue weighted by atomic mass is 9.95. The first-order valence-electron chi connectivity index (χ1n) is 8.02. The van der Waals surface area contributed by atoms with Gasteiger partial charge in [0.1, 0.15) is 0 Å². The van der Waals surface area contributed by atoms with Gasteiger partial charge in [-0.1, -0.05) is 38.5 Å². The molecule has 1 saturated carbocycles. The van der Waals surface area contributed by atoms with E-state index >= 15 is 0 Å². The zero-order valence-electron chi connectivity index (χ0n) is 12.5. The Morgan fingerprint density at radius 3 is 2.47 bits per heavy atom. The summed E-state index contributed by atoms with van der Waals surface area (Å²) in [6.07, 6.45) is 13.9. The van der Waals surface area contributed by atoms with E-state index in [-0.39, 0.29) is 5.91 Å². The molecule has 1 amide bonds. The molecule has 0 aromatic heterocycles. The molecule has 0 bridgehead atoms. The van der Waals surface area contributed by atoms with Crippen LogP contribution in [-0.2, 0) is 4.79 Å². The maximum absolute atomic E-state index is 11.8. The lowest BCUT2D eigenvalue weighted by molar-refractivity contribution is -0.122. The maximum Gasteiger partial charge on any atom is 0.220 e. The van der Waals surface area contributed by atoms with E-state index in [1.807, 2.05) is 6.92 Å². The Balaban J connectivity index is 1.90. The van der Waals surface area contributed by atoms with Crippen LogP contribution in [0.25, 0.3) is 0 Å². The first-order chi connectivity index (χ1) is 9.33. The number of rotatable bonds is 8. The van der Waals surface area contributed by atoms with Crippen LogP contribution in [-0.4, -0.2) is 11.9 Å². The van der Waals surface area contributed by atoms with Crippen LogP contribution in [0.15, 0.2) is 0 Å². The van der Waals surface area contributed by atoms with E-state index in [1.54, 1.807) is 0 Å². The van der Waals surface area contributed by atoms with Crippen molar-refractivity contribution in [2.45, 2.75) is 90.0 Å². The van der Waals surface area contributed by atoms with Crippen LogP contribution >= 0.6 is 0 Å². The molecule has 2 heteroatoms. The molecule has 0 aromatic rings. The minimum Gasteiger partial charge on any atom is -0.353 e. The summed E-state index contributed by atoms with van der Waals surface area (Å²) in [5.41, 5.74) is 0. The minimum absolute atomic E-state index is 0.267. The van der Waals surface area contributed by atoms with Crippen LogP contribution in [0.4, 0.5) is 0 Å². The first-order valence-corrected chi connectivity index (χ1v) is 8.02. The molecule has 1 aliphatic carbocycles. The SMILES string of the molecule is CC#CCCCCCCCC(=O)NC1CCCCC1. The van der Waals surface area contributed by atoms with Crippen molar-refractivity contribution in [2.75, 3.05) is 0 Å². The lowest BCUT2D eigenvalue weighted by Crippen LogP contribution is -2.35. The van der Waals surface area contributed by atoms with Crippen molar-refractivity contribution in [1.29, 1.82) is 0 Å². The van der Waals surface area contributed by atoms with Crippen LogP contribution < -0.4 is 5.32 Å². The molecule has 0 aromatic carbocycles. The first kappa shape index (κ1) is 16.1.